The third kappa shape index (κ3) is 3.88. The van der Waals surface area contributed by atoms with Gasteiger partial charge in [-0.3, -0.25) is 0 Å². The predicted octanol–water partition coefficient (Wildman–Crippen LogP) is 3.42. The Morgan fingerprint density at radius 1 is 1.41 bits per heavy atom. The number of nitrogens with one attached hydrogen (secondary N) is 2. The van der Waals surface area contributed by atoms with Gasteiger partial charge in [-0.2, -0.15) is 0 Å². The fraction of sp³-hybridized carbons (Fsp3) is 0.375. The maximum Gasteiger partial charge on any atom is 0.338 e. The average Bonchev–Trinajstić information content (AvgIpc) is 2.46. The van der Waals surface area contributed by atoms with Crippen molar-refractivity contribution >= 4 is 27.9 Å². The van der Waals surface area contributed by atoms with Gasteiger partial charge in [-0.25, -0.2) is 9.59 Å². The summed E-state index contributed by atoms with van der Waals surface area (Å²) in [5.74, 6) is -0.400. The topological polar surface area (TPSA) is 67.4 Å². The lowest BCUT2D eigenvalue weighted by Crippen LogP contribution is -2.45. The number of esters is 1. The number of benzene rings is 1. The number of halogens is 1. The lowest BCUT2D eigenvalue weighted by molar-refractivity contribution is -0.139. The molecule has 118 valence electrons. The van der Waals surface area contributed by atoms with Gasteiger partial charge in [-0.1, -0.05) is 41.4 Å². The number of hydrogen-bond acceptors (Lipinski definition) is 3. The molecule has 0 radical (unpaired) electrons. The van der Waals surface area contributed by atoms with E-state index >= 15 is 0 Å². The van der Waals surface area contributed by atoms with Gasteiger partial charge in [0.2, 0.25) is 0 Å². The highest BCUT2D eigenvalue weighted by Gasteiger charge is 2.32. The maximum absolute atomic E-state index is 12.4. The first-order valence-electron chi connectivity index (χ1n) is 7.23. The Kier molecular flexibility index (Phi) is 5.60. The van der Waals surface area contributed by atoms with E-state index in [9.17, 15) is 9.59 Å². The Morgan fingerprint density at radius 2 is 2.18 bits per heavy atom. The molecule has 2 N–H and O–H groups in total. The lowest BCUT2D eigenvalue weighted by atomic mass is 9.96. The predicted molar refractivity (Wildman–Crippen MR) is 87.1 cm³/mol. The molecule has 0 aromatic heterocycles. The lowest BCUT2D eigenvalue weighted by Gasteiger charge is -2.28. The first kappa shape index (κ1) is 16.5. The fourth-order valence-corrected chi connectivity index (χ4v) is 2.70. The largest absolute Gasteiger partial charge is 0.462 e. The Morgan fingerprint density at radius 3 is 2.86 bits per heavy atom. The van der Waals surface area contributed by atoms with Crippen LogP contribution in [-0.2, 0) is 9.53 Å². The molecule has 0 spiro atoms. The number of unbranched alkanes of at least 4 members (excludes halogenated alkanes) is 1. The van der Waals surface area contributed by atoms with Crippen LogP contribution >= 0.6 is 15.9 Å². The number of carbonyl (C=O) groups is 2. The van der Waals surface area contributed by atoms with E-state index in [1.807, 2.05) is 31.2 Å². The van der Waals surface area contributed by atoms with Gasteiger partial charge in [0.25, 0.3) is 0 Å². The number of allylic oxidation sites excluding steroid dienone is 1. The summed E-state index contributed by atoms with van der Waals surface area (Å²) >= 11 is 3.41. The van der Waals surface area contributed by atoms with Crippen molar-refractivity contribution in [2.75, 3.05) is 6.61 Å². The minimum atomic E-state index is -0.514. The van der Waals surface area contributed by atoms with E-state index in [1.165, 1.54) is 0 Å². The molecule has 5 nitrogen and oxygen atoms in total. The van der Waals surface area contributed by atoms with E-state index < -0.39 is 12.0 Å². The van der Waals surface area contributed by atoms with Crippen LogP contribution in [0, 0.1) is 0 Å². The first-order valence-corrected chi connectivity index (χ1v) is 8.03. The molecule has 1 unspecified atom stereocenters. The van der Waals surface area contributed by atoms with E-state index in [0.717, 1.165) is 22.9 Å². The van der Waals surface area contributed by atoms with E-state index in [1.54, 1.807) is 6.92 Å². The van der Waals surface area contributed by atoms with Crippen molar-refractivity contribution in [2.45, 2.75) is 32.7 Å². The zero-order valence-corrected chi connectivity index (χ0v) is 14.2. The molecule has 2 rings (SSSR count). The summed E-state index contributed by atoms with van der Waals surface area (Å²) in [7, 11) is 0. The first-order chi connectivity index (χ1) is 10.5. The molecule has 0 saturated heterocycles. The number of rotatable bonds is 5. The molecule has 0 saturated carbocycles. The van der Waals surface area contributed by atoms with Crippen molar-refractivity contribution in [1.82, 2.24) is 10.6 Å². The summed E-state index contributed by atoms with van der Waals surface area (Å²) in [6, 6.07) is 6.66. The van der Waals surface area contributed by atoms with Gasteiger partial charge < -0.3 is 15.4 Å². The summed E-state index contributed by atoms with van der Waals surface area (Å²) in [6.07, 6.45) is 1.77. The third-order valence-electron chi connectivity index (χ3n) is 3.40. The molecule has 1 aromatic carbocycles. The van der Waals surface area contributed by atoms with E-state index in [0.29, 0.717) is 17.9 Å². The van der Waals surface area contributed by atoms with Gasteiger partial charge in [-0.15, -0.1) is 0 Å². The van der Waals surface area contributed by atoms with Gasteiger partial charge in [0.05, 0.1) is 18.2 Å². The molecule has 0 aliphatic carbocycles. The van der Waals surface area contributed by atoms with Crippen LogP contribution < -0.4 is 10.6 Å². The van der Waals surface area contributed by atoms with Crippen LogP contribution in [0.1, 0.15) is 38.3 Å². The molecular formula is C16H19BrN2O3. The van der Waals surface area contributed by atoms with Gasteiger partial charge in [0.15, 0.2) is 0 Å². The van der Waals surface area contributed by atoms with Crippen molar-refractivity contribution in [3.8, 4) is 0 Å². The second-order valence-electron chi connectivity index (χ2n) is 5.11. The Labute approximate surface area is 138 Å². The molecule has 22 heavy (non-hydrogen) atoms. The fourth-order valence-electron chi connectivity index (χ4n) is 2.29. The number of urea groups is 1. The highest BCUT2D eigenvalue weighted by Crippen LogP contribution is 2.29. The van der Waals surface area contributed by atoms with Gasteiger partial charge >= 0.3 is 12.0 Å². The summed E-state index contributed by atoms with van der Waals surface area (Å²) < 4.78 is 6.19. The van der Waals surface area contributed by atoms with Crippen LogP contribution in [0.25, 0.3) is 0 Å². The van der Waals surface area contributed by atoms with E-state index in [4.69, 9.17) is 4.74 Å². The molecule has 6 heteroatoms. The Balaban J connectivity index is 2.30. The van der Waals surface area contributed by atoms with Crippen molar-refractivity contribution in [3.63, 3.8) is 0 Å². The van der Waals surface area contributed by atoms with Crippen molar-refractivity contribution in [1.29, 1.82) is 0 Å². The summed E-state index contributed by atoms with van der Waals surface area (Å²) in [5, 5.41) is 5.41. The SMILES string of the molecule is CCCCOC(=O)C1=C(C)NC(=O)NC1c1cccc(Br)c1. The zero-order chi connectivity index (χ0) is 16.1. The minimum absolute atomic E-state index is 0.326. The standard InChI is InChI=1S/C16H19BrN2O3/c1-3-4-8-22-15(20)13-10(2)18-16(21)19-14(13)11-6-5-7-12(17)9-11/h5-7,9,14H,3-4,8H2,1-2H3,(H2,18,19,21). The normalized spacial score (nSPS) is 17.8. The van der Waals surface area contributed by atoms with Crippen molar-refractivity contribution in [2.24, 2.45) is 0 Å². The van der Waals surface area contributed by atoms with Gasteiger partial charge in [-0.05, 0) is 31.0 Å². The Hall–Kier alpha value is -1.82. The van der Waals surface area contributed by atoms with Crippen LogP contribution in [0.5, 0.6) is 0 Å². The van der Waals surface area contributed by atoms with Crippen molar-refractivity contribution < 1.29 is 14.3 Å². The molecular weight excluding hydrogens is 348 g/mol. The number of carbonyl (C=O) groups excluding carboxylic acids is 2. The van der Waals surface area contributed by atoms with Crippen LogP contribution in [-0.4, -0.2) is 18.6 Å². The highest BCUT2D eigenvalue weighted by atomic mass is 79.9. The molecule has 2 amide bonds. The van der Waals surface area contributed by atoms with Crippen LogP contribution in [0.15, 0.2) is 40.0 Å². The van der Waals surface area contributed by atoms with Gasteiger partial charge in [0, 0.05) is 10.2 Å². The zero-order valence-electron chi connectivity index (χ0n) is 12.6. The van der Waals surface area contributed by atoms with E-state index in [2.05, 4.69) is 26.6 Å². The van der Waals surface area contributed by atoms with E-state index in [-0.39, 0.29) is 6.03 Å². The summed E-state index contributed by atoms with van der Waals surface area (Å²) in [6.45, 7) is 4.12. The quantitative estimate of drug-likeness (QED) is 0.619. The summed E-state index contributed by atoms with van der Waals surface area (Å²) in [4.78, 5) is 24.1. The number of hydrogen-bond donors (Lipinski definition) is 2. The van der Waals surface area contributed by atoms with Crippen LogP contribution in [0.3, 0.4) is 0 Å². The molecule has 1 aliphatic heterocycles. The third-order valence-corrected chi connectivity index (χ3v) is 3.90. The highest BCUT2D eigenvalue weighted by molar-refractivity contribution is 9.10. The van der Waals surface area contributed by atoms with Crippen molar-refractivity contribution in [3.05, 3.63) is 45.6 Å². The van der Waals surface area contributed by atoms with Crippen LogP contribution in [0.4, 0.5) is 4.79 Å². The number of amides is 2. The molecule has 1 aromatic rings. The second kappa shape index (κ2) is 7.45. The maximum atomic E-state index is 12.4. The number of ether oxygens (including phenoxy) is 1. The molecule has 1 aliphatic rings. The Bertz CT molecular complexity index is 613. The minimum Gasteiger partial charge on any atom is -0.462 e. The van der Waals surface area contributed by atoms with Gasteiger partial charge in [0.1, 0.15) is 0 Å². The summed E-state index contributed by atoms with van der Waals surface area (Å²) in [5.41, 5.74) is 1.79. The average molecular weight is 367 g/mol. The molecule has 0 bridgehead atoms. The molecule has 1 heterocycles. The molecule has 1 atom stereocenters. The van der Waals surface area contributed by atoms with Crippen LogP contribution in [0.2, 0.25) is 0 Å². The second-order valence-corrected chi connectivity index (χ2v) is 6.03. The molecule has 0 fully saturated rings. The monoisotopic (exact) mass is 366 g/mol. The smallest absolute Gasteiger partial charge is 0.338 e.